The van der Waals surface area contributed by atoms with Crippen LogP contribution in [0, 0.1) is 0 Å². The molecule has 0 saturated heterocycles. The van der Waals surface area contributed by atoms with Crippen molar-refractivity contribution in [3.8, 4) is 0 Å². The van der Waals surface area contributed by atoms with Crippen molar-refractivity contribution in [2.45, 2.75) is 25.9 Å². The summed E-state index contributed by atoms with van der Waals surface area (Å²) < 4.78 is 6.59. The highest BCUT2D eigenvalue weighted by Crippen LogP contribution is 2.23. The first-order valence-corrected chi connectivity index (χ1v) is 6.12. The quantitative estimate of drug-likeness (QED) is 0.741. The second-order valence-corrected chi connectivity index (χ2v) is 5.25. The fraction of sp³-hybridized carbons (Fsp3) is 0.667. The Balaban J connectivity index is 3.08. The van der Waals surface area contributed by atoms with E-state index in [0.717, 1.165) is 0 Å². The predicted molar refractivity (Wildman–Crippen MR) is 71.2 cm³/mol. The van der Waals surface area contributed by atoms with Crippen LogP contribution in [0.5, 0.6) is 0 Å². The van der Waals surface area contributed by atoms with Crippen LogP contribution in [0.4, 0.5) is 0 Å². The number of ether oxygens (including phenoxy) is 1. The van der Waals surface area contributed by atoms with Crippen molar-refractivity contribution in [2.75, 3.05) is 27.8 Å². The molecule has 0 N–H and O–H groups in total. The standard InChI is InChI=1S/C12H20ClN3O2/c1-12(2,15(3)4)11(17)10-9(13)8-14-16(10)6-7-18-5/h8H,6-7H2,1-5H3. The lowest BCUT2D eigenvalue weighted by Crippen LogP contribution is -2.46. The lowest BCUT2D eigenvalue weighted by molar-refractivity contribution is 0.0740. The van der Waals surface area contributed by atoms with Crippen molar-refractivity contribution in [3.63, 3.8) is 0 Å². The van der Waals surface area contributed by atoms with Gasteiger partial charge >= 0.3 is 0 Å². The van der Waals surface area contributed by atoms with Crippen LogP contribution in [0.1, 0.15) is 24.3 Å². The van der Waals surface area contributed by atoms with Crippen LogP contribution in [0.25, 0.3) is 0 Å². The zero-order valence-corrected chi connectivity index (χ0v) is 12.3. The molecule has 102 valence electrons. The van der Waals surface area contributed by atoms with Gasteiger partial charge in [0.25, 0.3) is 0 Å². The third-order valence-electron chi connectivity index (χ3n) is 3.19. The summed E-state index contributed by atoms with van der Waals surface area (Å²) in [5, 5.41) is 4.49. The number of Topliss-reactive ketones (excluding diaryl/α,β-unsaturated/α-hetero) is 1. The van der Waals surface area contributed by atoms with E-state index in [1.54, 1.807) is 11.8 Å². The summed E-state index contributed by atoms with van der Waals surface area (Å²) in [6.07, 6.45) is 1.50. The molecule has 1 rings (SSSR count). The van der Waals surface area contributed by atoms with Crippen molar-refractivity contribution < 1.29 is 9.53 Å². The van der Waals surface area contributed by atoms with Gasteiger partial charge in [0.2, 0.25) is 5.78 Å². The molecule has 0 fully saturated rings. The van der Waals surface area contributed by atoms with E-state index in [1.165, 1.54) is 6.20 Å². The number of carbonyl (C=O) groups is 1. The van der Waals surface area contributed by atoms with Crippen molar-refractivity contribution in [3.05, 3.63) is 16.9 Å². The third kappa shape index (κ3) is 2.91. The van der Waals surface area contributed by atoms with Gasteiger partial charge in [-0.15, -0.1) is 0 Å². The van der Waals surface area contributed by atoms with Crippen molar-refractivity contribution >= 4 is 17.4 Å². The molecule has 0 spiro atoms. The summed E-state index contributed by atoms with van der Waals surface area (Å²) in [6.45, 7) is 4.72. The first-order chi connectivity index (χ1) is 8.32. The molecule has 0 aliphatic carbocycles. The Kier molecular flexibility index (Phi) is 4.90. The van der Waals surface area contributed by atoms with Gasteiger partial charge in [-0.25, -0.2) is 0 Å². The number of likely N-dealkylation sites (N-methyl/N-ethyl adjacent to an activating group) is 1. The Morgan fingerprint density at radius 1 is 1.56 bits per heavy atom. The highest BCUT2D eigenvalue weighted by Gasteiger charge is 2.34. The van der Waals surface area contributed by atoms with E-state index in [-0.39, 0.29) is 5.78 Å². The van der Waals surface area contributed by atoms with Crippen LogP contribution in [0.15, 0.2) is 6.20 Å². The van der Waals surface area contributed by atoms with Crippen LogP contribution in [0.3, 0.4) is 0 Å². The largest absolute Gasteiger partial charge is 0.383 e. The van der Waals surface area contributed by atoms with E-state index in [1.807, 2.05) is 32.8 Å². The maximum atomic E-state index is 12.5. The minimum absolute atomic E-state index is 0.0499. The van der Waals surface area contributed by atoms with E-state index in [0.29, 0.717) is 23.9 Å². The number of carbonyl (C=O) groups excluding carboxylic acids is 1. The summed E-state index contributed by atoms with van der Waals surface area (Å²) >= 11 is 6.07. The monoisotopic (exact) mass is 273 g/mol. The SMILES string of the molecule is COCCn1ncc(Cl)c1C(=O)C(C)(C)N(C)C. The average molecular weight is 274 g/mol. The molecular formula is C12H20ClN3O2. The second-order valence-electron chi connectivity index (χ2n) is 4.84. The molecule has 0 atom stereocenters. The van der Waals surface area contributed by atoms with Gasteiger partial charge in [0.15, 0.2) is 0 Å². The van der Waals surface area contributed by atoms with Gasteiger partial charge in [0, 0.05) is 7.11 Å². The molecule has 6 heteroatoms. The highest BCUT2D eigenvalue weighted by molar-refractivity contribution is 6.34. The van der Waals surface area contributed by atoms with Crippen LogP contribution in [-0.2, 0) is 11.3 Å². The molecule has 0 bridgehead atoms. The lowest BCUT2D eigenvalue weighted by Gasteiger charge is -2.31. The normalized spacial score (nSPS) is 12.2. The van der Waals surface area contributed by atoms with Gasteiger partial charge in [-0.3, -0.25) is 14.4 Å². The van der Waals surface area contributed by atoms with Crippen LogP contribution in [0.2, 0.25) is 5.02 Å². The third-order valence-corrected chi connectivity index (χ3v) is 3.47. The highest BCUT2D eigenvalue weighted by atomic mass is 35.5. The minimum atomic E-state index is -0.630. The molecule has 1 aromatic rings. The van der Waals surface area contributed by atoms with Gasteiger partial charge in [-0.2, -0.15) is 5.10 Å². The first-order valence-electron chi connectivity index (χ1n) is 5.74. The predicted octanol–water partition coefficient (Wildman–Crippen LogP) is 1.71. The van der Waals surface area contributed by atoms with Crippen molar-refractivity contribution in [1.82, 2.24) is 14.7 Å². The number of ketones is 1. The smallest absolute Gasteiger partial charge is 0.201 e. The van der Waals surface area contributed by atoms with Gasteiger partial charge < -0.3 is 4.74 Å². The maximum Gasteiger partial charge on any atom is 0.201 e. The Bertz CT molecular complexity index is 427. The number of methoxy groups -OCH3 is 1. The fourth-order valence-electron chi connectivity index (χ4n) is 1.43. The summed E-state index contributed by atoms with van der Waals surface area (Å²) in [6, 6.07) is 0. The molecule has 18 heavy (non-hydrogen) atoms. The zero-order valence-electron chi connectivity index (χ0n) is 11.5. The Morgan fingerprint density at radius 2 is 2.17 bits per heavy atom. The second kappa shape index (κ2) is 5.82. The van der Waals surface area contributed by atoms with Crippen molar-refractivity contribution in [2.24, 2.45) is 0 Å². The Morgan fingerprint density at radius 3 is 2.67 bits per heavy atom. The van der Waals surface area contributed by atoms with Gasteiger partial charge in [-0.1, -0.05) is 11.6 Å². The molecule has 0 amide bonds. The molecule has 5 nitrogen and oxygen atoms in total. The van der Waals surface area contributed by atoms with Gasteiger partial charge in [0.1, 0.15) is 5.69 Å². The summed E-state index contributed by atoms with van der Waals surface area (Å²) in [7, 11) is 5.33. The van der Waals surface area contributed by atoms with Crippen molar-refractivity contribution in [1.29, 1.82) is 0 Å². The average Bonchev–Trinajstić information content (AvgIpc) is 2.66. The fourth-order valence-corrected chi connectivity index (χ4v) is 1.66. The molecule has 0 aliphatic heterocycles. The van der Waals surface area contributed by atoms with Crippen LogP contribution in [-0.4, -0.2) is 53.8 Å². The van der Waals surface area contributed by atoms with E-state index >= 15 is 0 Å². The molecule has 1 heterocycles. The zero-order chi connectivity index (χ0) is 13.9. The molecule has 0 radical (unpaired) electrons. The molecule has 0 aromatic carbocycles. The summed E-state index contributed by atoms with van der Waals surface area (Å²) in [4.78, 5) is 14.4. The number of nitrogens with zero attached hydrogens (tertiary/aromatic N) is 3. The van der Waals surface area contributed by atoms with Gasteiger partial charge in [0.05, 0.1) is 29.9 Å². The maximum absolute atomic E-state index is 12.5. The first kappa shape index (κ1) is 15.1. The van der Waals surface area contributed by atoms with E-state index in [2.05, 4.69) is 5.10 Å². The lowest BCUT2D eigenvalue weighted by atomic mass is 9.95. The number of rotatable bonds is 6. The van der Waals surface area contributed by atoms with Crippen LogP contribution < -0.4 is 0 Å². The van der Waals surface area contributed by atoms with E-state index in [9.17, 15) is 4.79 Å². The number of aromatic nitrogens is 2. The number of halogens is 1. The summed E-state index contributed by atoms with van der Waals surface area (Å²) in [5.74, 6) is -0.0499. The Labute approximate surface area is 113 Å². The number of hydrogen-bond acceptors (Lipinski definition) is 4. The Hall–Kier alpha value is -0.910. The van der Waals surface area contributed by atoms with E-state index in [4.69, 9.17) is 16.3 Å². The molecule has 1 aromatic heterocycles. The molecular weight excluding hydrogens is 254 g/mol. The van der Waals surface area contributed by atoms with Gasteiger partial charge in [-0.05, 0) is 27.9 Å². The minimum Gasteiger partial charge on any atom is -0.383 e. The molecule has 0 aliphatic rings. The topological polar surface area (TPSA) is 47.4 Å². The number of hydrogen-bond donors (Lipinski definition) is 0. The summed E-state index contributed by atoms with van der Waals surface area (Å²) in [5.41, 5.74) is -0.193. The van der Waals surface area contributed by atoms with Crippen LogP contribution >= 0.6 is 11.6 Å². The molecule has 0 saturated carbocycles. The molecule has 0 unspecified atom stereocenters. The van der Waals surface area contributed by atoms with E-state index < -0.39 is 5.54 Å².